The summed E-state index contributed by atoms with van der Waals surface area (Å²) in [6.45, 7) is 2.21. The van der Waals surface area contributed by atoms with Gasteiger partial charge in [-0.15, -0.1) is 0 Å². The monoisotopic (exact) mass is 416 g/mol. The molecule has 2 rings (SSSR count). The van der Waals surface area contributed by atoms with Crippen LogP contribution in [0.3, 0.4) is 0 Å². The van der Waals surface area contributed by atoms with Gasteiger partial charge in [-0.25, -0.2) is 0 Å². The molecule has 0 aliphatic rings. The summed E-state index contributed by atoms with van der Waals surface area (Å²) in [5.74, 6) is -0.0494. The van der Waals surface area contributed by atoms with Crippen molar-refractivity contribution in [1.29, 1.82) is 0 Å². The van der Waals surface area contributed by atoms with E-state index >= 15 is 0 Å². The molecule has 0 atom stereocenters. The summed E-state index contributed by atoms with van der Waals surface area (Å²) in [4.78, 5) is -0.685. The molecule has 0 saturated heterocycles. The Morgan fingerprint density at radius 1 is 0.926 bits per heavy atom. The quantitative estimate of drug-likeness (QED) is 0.362. The van der Waals surface area contributed by atoms with E-state index < -0.39 is 20.8 Å². The molecule has 2 aromatic rings. The summed E-state index contributed by atoms with van der Waals surface area (Å²) >= 11 is 0. The molecule has 0 bridgehead atoms. The first-order valence-corrected chi connectivity index (χ1v) is 10.4. The molecule has 27 heavy (non-hydrogen) atoms. The molecule has 2 aromatic carbocycles. The van der Waals surface area contributed by atoms with Gasteiger partial charge in [0, 0.05) is 6.07 Å². The SMILES string of the molecule is CCCCCCCCc1ccc(Oc2ccc([O-])c(S(=O)(=O)O)c2)cc1.[K+]. The van der Waals surface area contributed by atoms with E-state index in [1.54, 1.807) is 0 Å². The Morgan fingerprint density at radius 3 is 2.15 bits per heavy atom. The van der Waals surface area contributed by atoms with Gasteiger partial charge in [0.2, 0.25) is 0 Å². The summed E-state index contributed by atoms with van der Waals surface area (Å²) in [6, 6.07) is 11.0. The van der Waals surface area contributed by atoms with Crippen molar-refractivity contribution in [3.05, 3.63) is 48.0 Å². The van der Waals surface area contributed by atoms with Crippen molar-refractivity contribution in [2.24, 2.45) is 0 Å². The van der Waals surface area contributed by atoms with Crippen LogP contribution in [0, 0.1) is 0 Å². The van der Waals surface area contributed by atoms with Crippen LogP contribution in [0.1, 0.15) is 51.0 Å². The first-order chi connectivity index (χ1) is 12.4. The Bertz CT molecular complexity index is 804. The van der Waals surface area contributed by atoms with Crippen molar-refractivity contribution in [1.82, 2.24) is 0 Å². The van der Waals surface area contributed by atoms with Gasteiger partial charge in [0.05, 0.1) is 4.90 Å². The van der Waals surface area contributed by atoms with Crippen LogP contribution in [0.4, 0.5) is 0 Å². The first-order valence-electron chi connectivity index (χ1n) is 8.95. The Balaban J connectivity index is 0.00000364. The third-order valence-corrected chi connectivity index (χ3v) is 5.05. The first kappa shape index (κ1) is 24.6. The van der Waals surface area contributed by atoms with Crippen LogP contribution in [0.2, 0.25) is 0 Å². The van der Waals surface area contributed by atoms with Crippen LogP contribution < -0.4 is 61.2 Å². The van der Waals surface area contributed by atoms with Gasteiger partial charge in [-0.05, 0) is 36.6 Å². The van der Waals surface area contributed by atoms with Crippen LogP contribution in [0.25, 0.3) is 0 Å². The number of unbranched alkanes of at least 4 members (excludes halogenated alkanes) is 5. The van der Waals surface area contributed by atoms with Crippen LogP contribution in [0.15, 0.2) is 47.4 Å². The number of ether oxygens (including phenoxy) is 1. The standard InChI is InChI=1S/C20H26O5S.K/c1-2-3-4-5-6-7-8-16-9-11-17(12-10-16)25-18-13-14-19(21)20(15-18)26(22,23)24;/h9-15,21H,2-8H2,1H3,(H,22,23,24);/q;+1/p-1. The van der Waals surface area contributed by atoms with E-state index in [1.807, 2.05) is 24.3 Å². The predicted octanol–water partition coefficient (Wildman–Crippen LogP) is 1.71. The zero-order valence-corrected chi connectivity index (χ0v) is 19.9. The average molecular weight is 417 g/mol. The minimum absolute atomic E-state index is 0. The molecule has 142 valence electrons. The molecule has 0 aliphatic heterocycles. The van der Waals surface area contributed by atoms with Gasteiger partial charge in [-0.1, -0.05) is 63.0 Å². The van der Waals surface area contributed by atoms with Gasteiger partial charge in [-0.3, -0.25) is 4.55 Å². The van der Waals surface area contributed by atoms with Crippen molar-refractivity contribution < 1.29 is 74.2 Å². The maximum Gasteiger partial charge on any atom is 1.00 e. The number of benzene rings is 2. The molecule has 0 aliphatic carbocycles. The molecule has 0 fully saturated rings. The Kier molecular flexibility index (Phi) is 11.1. The molecule has 5 nitrogen and oxygen atoms in total. The maximum atomic E-state index is 11.5. The van der Waals surface area contributed by atoms with Crippen molar-refractivity contribution in [2.45, 2.75) is 56.8 Å². The van der Waals surface area contributed by atoms with Crippen LogP contribution in [0.5, 0.6) is 17.2 Å². The molecule has 0 spiro atoms. The second-order valence-corrected chi connectivity index (χ2v) is 7.74. The number of rotatable bonds is 10. The molecular formula is C20H25KO5S. The number of hydrogen-bond acceptors (Lipinski definition) is 4. The van der Waals surface area contributed by atoms with Crippen LogP contribution in [-0.2, 0) is 16.5 Å². The van der Waals surface area contributed by atoms with E-state index in [0.29, 0.717) is 5.75 Å². The molecule has 1 N–H and O–H groups in total. The van der Waals surface area contributed by atoms with Gasteiger partial charge >= 0.3 is 51.4 Å². The normalized spacial score (nSPS) is 11.0. The van der Waals surface area contributed by atoms with Crippen molar-refractivity contribution in [2.75, 3.05) is 0 Å². The zero-order chi connectivity index (χ0) is 19.0. The Hall–Kier alpha value is -0.414. The third kappa shape index (κ3) is 8.64. The molecular weight excluding hydrogens is 391 g/mol. The number of hydrogen-bond donors (Lipinski definition) is 1. The molecule has 7 heteroatoms. The fourth-order valence-electron chi connectivity index (χ4n) is 2.72. The third-order valence-electron chi connectivity index (χ3n) is 4.17. The largest absolute Gasteiger partial charge is 1.00 e. The van der Waals surface area contributed by atoms with Crippen molar-refractivity contribution in [3.8, 4) is 17.2 Å². The summed E-state index contributed by atoms with van der Waals surface area (Å²) in [5.41, 5.74) is 1.22. The summed E-state index contributed by atoms with van der Waals surface area (Å²) in [6.07, 6.45) is 8.55. The van der Waals surface area contributed by atoms with Crippen molar-refractivity contribution in [3.63, 3.8) is 0 Å². The van der Waals surface area contributed by atoms with E-state index in [-0.39, 0.29) is 57.1 Å². The topological polar surface area (TPSA) is 86.7 Å². The van der Waals surface area contributed by atoms with Gasteiger partial charge in [0.1, 0.15) is 11.5 Å². The van der Waals surface area contributed by atoms with Crippen molar-refractivity contribution >= 4 is 10.1 Å². The fourth-order valence-corrected chi connectivity index (χ4v) is 3.31. The van der Waals surface area contributed by atoms with E-state index in [9.17, 15) is 13.5 Å². The van der Waals surface area contributed by atoms with E-state index in [4.69, 9.17) is 9.29 Å². The molecule has 0 amide bonds. The van der Waals surface area contributed by atoms with E-state index in [0.717, 1.165) is 25.0 Å². The minimum atomic E-state index is -4.57. The van der Waals surface area contributed by atoms with Gasteiger partial charge in [0.25, 0.3) is 10.1 Å². The Morgan fingerprint density at radius 2 is 1.52 bits per heavy atom. The van der Waals surface area contributed by atoms with Gasteiger partial charge in [-0.2, -0.15) is 8.42 Å². The molecule has 0 heterocycles. The predicted molar refractivity (Wildman–Crippen MR) is 99.3 cm³/mol. The molecule has 0 saturated carbocycles. The average Bonchev–Trinajstić information content (AvgIpc) is 2.60. The fraction of sp³-hybridized carbons (Fsp3) is 0.400. The summed E-state index contributed by atoms with van der Waals surface area (Å²) in [5, 5.41) is 11.5. The molecule has 0 unspecified atom stereocenters. The van der Waals surface area contributed by atoms with E-state index in [1.165, 1.54) is 43.7 Å². The maximum absolute atomic E-state index is 11.5. The van der Waals surface area contributed by atoms with E-state index in [2.05, 4.69) is 6.92 Å². The second kappa shape index (κ2) is 12.2. The number of aryl methyl sites for hydroxylation is 1. The van der Waals surface area contributed by atoms with Crippen LogP contribution >= 0.6 is 0 Å². The minimum Gasteiger partial charge on any atom is -0.872 e. The molecule has 0 radical (unpaired) electrons. The summed E-state index contributed by atoms with van der Waals surface area (Å²) in [7, 11) is -4.57. The van der Waals surface area contributed by atoms with Crippen LogP contribution in [-0.4, -0.2) is 13.0 Å². The Labute approximate surface area is 204 Å². The summed E-state index contributed by atoms with van der Waals surface area (Å²) < 4.78 is 37.0. The smallest absolute Gasteiger partial charge is 0.872 e. The second-order valence-electron chi connectivity index (χ2n) is 6.35. The molecule has 0 aromatic heterocycles. The zero-order valence-electron chi connectivity index (χ0n) is 16.0. The van der Waals surface area contributed by atoms with Gasteiger partial charge < -0.3 is 9.84 Å². The van der Waals surface area contributed by atoms with Gasteiger partial charge in [0.15, 0.2) is 0 Å².